The van der Waals surface area contributed by atoms with Crippen molar-refractivity contribution in [1.82, 2.24) is 15.2 Å². The second-order valence-electron chi connectivity index (χ2n) is 11.2. The monoisotopic (exact) mass is 557 g/mol. The highest BCUT2D eigenvalue weighted by atomic mass is 19.1. The van der Waals surface area contributed by atoms with Gasteiger partial charge in [-0.3, -0.25) is 9.59 Å². The van der Waals surface area contributed by atoms with Gasteiger partial charge in [0.25, 0.3) is 5.91 Å². The van der Waals surface area contributed by atoms with E-state index in [1.54, 1.807) is 45.0 Å². The van der Waals surface area contributed by atoms with Gasteiger partial charge in [-0.05, 0) is 77.4 Å². The van der Waals surface area contributed by atoms with Crippen molar-refractivity contribution in [1.29, 1.82) is 5.26 Å². The van der Waals surface area contributed by atoms with Crippen LogP contribution < -0.4 is 10.6 Å². The van der Waals surface area contributed by atoms with E-state index in [9.17, 15) is 24.0 Å². The summed E-state index contributed by atoms with van der Waals surface area (Å²) in [6.45, 7) is 10.9. The lowest BCUT2D eigenvalue weighted by Crippen LogP contribution is -2.39. The summed E-state index contributed by atoms with van der Waals surface area (Å²) < 4.78 is 20.4. The zero-order valence-electron chi connectivity index (χ0n) is 23.9. The van der Waals surface area contributed by atoms with E-state index in [1.165, 1.54) is 24.3 Å². The van der Waals surface area contributed by atoms with Crippen molar-refractivity contribution in [3.05, 3.63) is 76.7 Å². The Morgan fingerprint density at radius 2 is 1.78 bits per heavy atom. The molecule has 0 atom stereocenters. The minimum Gasteiger partial charge on any atom is -0.443 e. The summed E-state index contributed by atoms with van der Waals surface area (Å²) in [6.07, 6.45) is -0.825. The summed E-state index contributed by atoms with van der Waals surface area (Å²) in [5.74, 6) is -1.37. The average Bonchev–Trinajstić information content (AvgIpc) is 3.24. The number of rotatable bonds is 6. The number of ether oxygens (including phenoxy) is 1. The molecule has 1 aromatic heterocycles. The van der Waals surface area contributed by atoms with Crippen LogP contribution in [0.25, 0.3) is 11.3 Å². The van der Waals surface area contributed by atoms with Gasteiger partial charge in [0, 0.05) is 12.2 Å². The topological polar surface area (TPSA) is 124 Å². The number of nitrogens with one attached hydrogen (secondary N) is 2. The van der Waals surface area contributed by atoms with E-state index < -0.39 is 28.8 Å². The fourth-order valence-electron chi connectivity index (χ4n) is 4.51. The predicted octanol–water partition coefficient (Wildman–Crippen LogP) is 5.81. The fourth-order valence-corrected chi connectivity index (χ4v) is 4.51. The van der Waals surface area contributed by atoms with Crippen LogP contribution in [0.1, 0.15) is 68.7 Å². The molecule has 0 bridgehead atoms. The Morgan fingerprint density at radius 3 is 2.39 bits per heavy atom. The fraction of sp³-hybridized carbons (Fsp3) is 0.323. The molecule has 4 rings (SSSR count). The Labute approximate surface area is 238 Å². The molecule has 10 heteroatoms. The molecule has 1 aliphatic rings. The predicted molar refractivity (Wildman–Crippen MR) is 152 cm³/mol. The van der Waals surface area contributed by atoms with Crippen LogP contribution >= 0.6 is 0 Å². The molecule has 41 heavy (non-hydrogen) atoms. The van der Waals surface area contributed by atoms with Crippen molar-refractivity contribution >= 4 is 29.3 Å². The zero-order chi connectivity index (χ0) is 30.1. The number of halogens is 1. The van der Waals surface area contributed by atoms with E-state index in [-0.39, 0.29) is 46.2 Å². The molecular weight excluding hydrogens is 525 g/mol. The number of imide groups is 1. The molecule has 2 heterocycles. The Balaban J connectivity index is 1.78. The van der Waals surface area contributed by atoms with Crippen molar-refractivity contribution in [3.8, 4) is 17.3 Å². The molecule has 3 aromatic rings. The van der Waals surface area contributed by atoms with Gasteiger partial charge in [-0.25, -0.2) is 19.1 Å². The lowest BCUT2D eigenvalue weighted by Gasteiger charge is -2.24. The van der Waals surface area contributed by atoms with Gasteiger partial charge in [-0.15, -0.1) is 0 Å². The molecule has 0 unspecified atom stereocenters. The number of likely N-dealkylation sites (N-methyl/N-ethyl adjacent to an activating group) is 1. The van der Waals surface area contributed by atoms with E-state index in [0.717, 1.165) is 10.5 Å². The van der Waals surface area contributed by atoms with Gasteiger partial charge in [0.05, 0.1) is 51.8 Å². The number of nitriles is 1. The quantitative estimate of drug-likeness (QED) is 0.392. The largest absolute Gasteiger partial charge is 0.443 e. The first-order valence-electron chi connectivity index (χ1n) is 13.2. The van der Waals surface area contributed by atoms with Gasteiger partial charge in [0.15, 0.2) is 0 Å². The Kier molecular flexibility index (Phi) is 7.84. The van der Waals surface area contributed by atoms with Crippen LogP contribution in [0, 0.1) is 17.1 Å². The minimum absolute atomic E-state index is 0.0111. The van der Waals surface area contributed by atoms with Crippen LogP contribution in [0.2, 0.25) is 0 Å². The number of aromatic nitrogens is 1. The first kappa shape index (κ1) is 29.2. The molecule has 0 fully saturated rings. The molecule has 1 aliphatic heterocycles. The first-order chi connectivity index (χ1) is 19.3. The van der Waals surface area contributed by atoms with Crippen LogP contribution in [0.5, 0.6) is 0 Å². The van der Waals surface area contributed by atoms with Crippen molar-refractivity contribution in [2.45, 2.75) is 59.1 Å². The highest BCUT2D eigenvalue weighted by Crippen LogP contribution is 2.36. The van der Waals surface area contributed by atoms with Crippen molar-refractivity contribution in [2.24, 2.45) is 0 Å². The standard InChI is InChI=1S/C31H32FN5O4/c1-7-34-28(39)31(5,6)19-11-13-20(14-12-19)35-23-15-22(25-18(16-33)9-8-10-21(25)32)36-24-17-37(27(38)26(23)24)29(40)41-30(2,3)4/h8-15H,7,17H2,1-6H3,(H,34,39)(H,35,36). The van der Waals surface area contributed by atoms with Crippen molar-refractivity contribution < 1.29 is 23.5 Å². The van der Waals surface area contributed by atoms with Gasteiger partial charge in [0.1, 0.15) is 11.4 Å². The summed E-state index contributed by atoms with van der Waals surface area (Å²) in [5, 5.41) is 15.7. The molecule has 0 radical (unpaired) electrons. The number of benzene rings is 2. The van der Waals surface area contributed by atoms with Crippen LogP contribution in [0.4, 0.5) is 20.6 Å². The smallest absolute Gasteiger partial charge is 0.417 e. The maximum Gasteiger partial charge on any atom is 0.417 e. The zero-order valence-corrected chi connectivity index (χ0v) is 23.9. The van der Waals surface area contributed by atoms with Crippen LogP contribution in [-0.4, -0.2) is 39.9 Å². The minimum atomic E-state index is -0.829. The molecule has 0 saturated heterocycles. The Hall–Kier alpha value is -4.78. The number of pyridine rings is 1. The summed E-state index contributed by atoms with van der Waals surface area (Å²) >= 11 is 0. The first-order valence-corrected chi connectivity index (χ1v) is 13.2. The van der Waals surface area contributed by atoms with Gasteiger partial charge in [0.2, 0.25) is 5.91 Å². The van der Waals surface area contributed by atoms with E-state index in [0.29, 0.717) is 12.2 Å². The maximum absolute atomic E-state index is 15.0. The number of amides is 3. The number of fused-ring (bicyclic) bond motifs is 1. The number of hydrogen-bond acceptors (Lipinski definition) is 7. The lowest BCUT2D eigenvalue weighted by molar-refractivity contribution is -0.125. The van der Waals surface area contributed by atoms with E-state index in [1.807, 2.05) is 26.8 Å². The molecule has 3 amide bonds. The summed E-state index contributed by atoms with van der Waals surface area (Å²) in [5.41, 5.74) is 0.619. The van der Waals surface area contributed by atoms with Crippen LogP contribution in [-0.2, 0) is 21.5 Å². The third-order valence-electron chi connectivity index (χ3n) is 6.66. The van der Waals surface area contributed by atoms with Gasteiger partial charge in [-0.1, -0.05) is 18.2 Å². The maximum atomic E-state index is 15.0. The number of carbonyl (C=O) groups excluding carboxylic acids is 3. The molecular formula is C31H32FN5O4. The van der Waals surface area contributed by atoms with Crippen LogP contribution in [0.3, 0.4) is 0 Å². The average molecular weight is 558 g/mol. The SMILES string of the molecule is CCNC(=O)C(C)(C)c1ccc(Nc2cc(-c3c(F)cccc3C#N)nc3c2C(=O)N(C(=O)OC(C)(C)C)C3)cc1. The number of carbonyl (C=O) groups is 3. The Bertz CT molecular complexity index is 1570. The van der Waals surface area contributed by atoms with Gasteiger partial charge < -0.3 is 15.4 Å². The Morgan fingerprint density at radius 1 is 1.10 bits per heavy atom. The number of hydrogen-bond donors (Lipinski definition) is 2. The van der Waals surface area contributed by atoms with Gasteiger partial charge >= 0.3 is 6.09 Å². The molecule has 0 aliphatic carbocycles. The third kappa shape index (κ3) is 5.89. The third-order valence-corrected chi connectivity index (χ3v) is 6.66. The highest BCUT2D eigenvalue weighted by Gasteiger charge is 2.39. The molecule has 9 nitrogen and oxygen atoms in total. The van der Waals surface area contributed by atoms with E-state index in [4.69, 9.17) is 4.74 Å². The second-order valence-corrected chi connectivity index (χ2v) is 11.2. The molecule has 0 spiro atoms. The highest BCUT2D eigenvalue weighted by molar-refractivity contribution is 6.10. The van der Waals surface area contributed by atoms with Crippen molar-refractivity contribution in [3.63, 3.8) is 0 Å². The normalized spacial score (nSPS) is 12.9. The lowest BCUT2D eigenvalue weighted by atomic mass is 9.83. The number of anilines is 2. The van der Waals surface area contributed by atoms with E-state index in [2.05, 4.69) is 15.6 Å². The second kappa shape index (κ2) is 11.0. The van der Waals surface area contributed by atoms with E-state index >= 15 is 0 Å². The van der Waals surface area contributed by atoms with Crippen LogP contribution in [0.15, 0.2) is 48.5 Å². The molecule has 2 N–H and O–H groups in total. The molecule has 2 aromatic carbocycles. The summed E-state index contributed by atoms with van der Waals surface area (Å²) in [6, 6.07) is 14.7. The summed E-state index contributed by atoms with van der Waals surface area (Å²) in [4.78, 5) is 44.3. The van der Waals surface area contributed by atoms with Gasteiger partial charge in [-0.2, -0.15) is 5.26 Å². The molecule has 0 saturated carbocycles. The number of nitrogens with zero attached hydrogens (tertiary/aromatic N) is 3. The molecule has 212 valence electrons. The van der Waals surface area contributed by atoms with Crippen molar-refractivity contribution in [2.75, 3.05) is 11.9 Å². The summed E-state index contributed by atoms with van der Waals surface area (Å²) in [7, 11) is 0.